The maximum Gasteiger partial charge on any atom is 0.0909 e. The molecule has 3 nitrogen and oxygen atoms in total. The molecule has 3 aromatic rings. The number of H-pyrrole nitrogens is 1. The van der Waals surface area contributed by atoms with Gasteiger partial charge >= 0.3 is 0 Å². The van der Waals surface area contributed by atoms with Crippen molar-refractivity contribution in [2.24, 2.45) is 0 Å². The Bertz CT molecular complexity index is 636. The minimum absolute atomic E-state index is 0.791. The third-order valence-corrected chi connectivity index (χ3v) is 3.06. The Balaban J connectivity index is 2.64. The Morgan fingerprint density at radius 2 is 2.33 bits per heavy atom. The summed E-state index contributed by atoms with van der Waals surface area (Å²) >= 11 is 6.21. The first-order valence-corrected chi connectivity index (χ1v) is 5.30. The summed E-state index contributed by atoms with van der Waals surface area (Å²) < 4.78 is 2.18. The molecule has 0 unspecified atom stereocenters. The highest BCUT2D eigenvalue weighted by atomic mass is 35.5. The van der Waals surface area contributed by atoms with Crippen LogP contribution in [0, 0.1) is 0 Å². The van der Waals surface area contributed by atoms with Gasteiger partial charge in [-0.3, -0.25) is 5.10 Å². The van der Waals surface area contributed by atoms with E-state index in [2.05, 4.69) is 27.8 Å². The molecule has 0 amide bonds. The van der Waals surface area contributed by atoms with E-state index in [4.69, 9.17) is 11.6 Å². The second-order valence-corrected chi connectivity index (χ2v) is 3.92. The first-order chi connectivity index (χ1) is 7.33. The van der Waals surface area contributed by atoms with E-state index < -0.39 is 0 Å². The molecule has 0 spiro atoms. The minimum atomic E-state index is 0.791. The number of para-hydroxylation sites is 1. The number of fused-ring (bicyclic) bond motifs is 3. The topological polar surface area (TPSA) is 33.6 Å². The van der Waals surface area contributed by atoms with Gasteiger partial charge in [-0.1, -0.05) is 23.7 Å². The SMILES string of the molecule is CCn1c2cn[nH]c2c2cccc(Cl)c21. The van der Waals surface area contributed by atoms with E-state index in [-0.39, 0.29) is 0 Å². The summed E-state index contributed by atoms with van der Waals surface area (Å²) in [6, 6.07) is 5.95. The van der Waals surface area contributed by atoms with Crippen LogP contribution in [-0.2, 0) is 6.54 Å². The zero-order valence-electron chi connectivity index (χ0n) is 8.29. The fraction of sp³-hybridized carbons (Fsp3) is 0.182. The van der Waals surface area contributed by atoms with E-state index in [0.717, 1.165) is 33.5 Å². The summed E-state index contributed by atoms with van der Waals surface area (Å²) in [4.78, 5) is 0. The van der Waals surface area contributed by atoms with Crippen LogP contribution in [-0.4, -0.2) is 14.8 Å². The van der Waals surface area contributed by atoms with E-state index in [1.165, 1.54) is 0 Å². The highest BCUT2D eigenvalue weighted by Crippen LogP contribution is 2.31. The monoisotopic (exact) mass is 219 g/mol. The lowest BCUT2D eigenvalue weighted by Crippen LogP contribution is -1.92. The average molecular weight is 220 g/mol. The predicted molar refractivity (Wildman–Crippen MR) is 62.3 cm³/mol. The van der Waals surface area contributed by atoms with Crippen LogP contribution in [0.4, 0.5) is 0 Å². The molecular weight excluding hydrogens is 210 g/mol. The van der Waals surface area contributed by atoms with Gasteiger partial charge in [0, 0.05) is 11.9 Å². The molecule has 2 aromatic heterocycles. The summed E-state index contributed by atoms with van der Waals surface area (Å²) in [7, 11) is 0. The molecule has 0 aliphatic rings. The van der Waals surface area contributed by atoms with Crippen LogP contribution in [0.1, 0.15) is 6.92 Å². The number of hydrogen-bond donors (Lipinski definition) is 1. The number of aromatic amines is 1. The van der Waals surface area contributed by atoms with Crippen molar-refractivity contribution in [3.63, 3.8) is 0 Å². The average Bonchev–Trinajstić information content (AvgIpc) is 2.78. The molecular formula is C11H10ClN3. The second-order valence-electron chi connectivity index (χ2n) is 3.51. The van der Waals surface area contributed by atoms with Crippen LogP contribution in [0.5, 0.6) is 0 Å². The van der Waals surface area contributed by atoms with Gasteiger partial charge in [0.2, 0.25) is 0 Å². The summed E-state index contributed by atoms with van der Waals surface area (Å²) in [5, 5.41) is 9.00. The van der Waals surface area contributed by atoms with Gasteiger partial charge in [0.25, 0.3) is 0 Å². The molecule has 0 saturated carbocycles. The van der Waals surface area contributed by atoms with Gasteiger partial charge in [-0.25, -0.2) is 0 Å². The van der Waals surface area contributed by atoms with Gasteiger partial charge in [-0.15, -0.1) is 0 Å². The molecule has 0 aliphatic carbocycles. The maximum absolute atomic E-state index is 6.21. The van der Waals surface area contributed by atoms with Crippen molar-refractivity contribution in [1.29, 1.82) is 0 Å². The van der Waals surface area contributed by atoms with Crippen LogP contribution in [0.15, 0.2) is 24.4 Å². The predicted octanol–water partition coefficient (Wildman–Crippen LogP) is 3.19. The van der Waals surface area contributed by atoms with E-state index in [0.29, 0.717) is 0 Å². The molecule has 2 heterocycles. The van der Waals surface area contributed by atoms with Crippen molar-refractivity contribution in [2.45, 2.75) is 13.5 Å². The van der Waals surface area contributed by atoms with Crippen molar-refractivity contribution in [3.05, 3.63) is 29.4 Å². The number of nitrogens with zero attached hydrogens (tertiary/aromatic N) is 2. The Labute approximate surface area is 91.6 Å². The van der Waals surface area contributed by atoms with Gasteiger partial charge in [0.1, 0.15) is 0 Å². The number of benzene rings is 1. The Morgan fingerprint density at radius 1 is 1.47 bits per heavy atom. The van der Waals surface area contributed by atoms with E-state index in [9.17, 15) is 0 Å². The molecule has 0 fully saturated rings. The molecule has 0 aliphatic heterocycles. The number of aromatic nitrogens is 3. The summed E-state index contributed by atoms with van der Waals surface area (Å²) in [5.74, 6) is 0. The lowest BCUT2D eigenvalue weighted by Gasteiger charge is -2.02. The molecule has 0 saturated heterocycles. The van der Waals surface area contributed by atoms with Crippen LogP contribution < -0.4 is 0 Å². The molecule has 0 radical (unpaired) electrons. The van der Waals surface area contributed by atoms with E-state index in [1.807, 2.05) is 18.3 Å². The summed E-state index contributed by atoms with van der Waals surface area (Å²) in [6.45, 7) is 3.00. The zero-order chi connectivity index (χ0) is 10.4. The van der Waals surface area contributed by atoms with Crippen molar-refractivity contribution in [3.8, 4) is 0 Å². The third kappa shape index (κ3) is 1.04. The van der Waals surface area contributed by atoms with E-state index in [1.54, 1.807) is 0 Å². The van der Waals surface area contributed by atoms with Gasteiger partial charge in [0.05, 0.1) is 27.8 Å². The lowest BCUT2D eigenvalue weighted by molar-refractivity contribution is 0.827. The number of rotatable bonds is 1. The number of halogens is 1. The molecule has 76 valence electrons. The Hall–Kier alpha value is -1.48. The Morgan fingerprint density at radius 3 is 3.13 bits per heavy atom. The summed E-state index contributed by atoms with van der Waals surface area (Å²) in [5.41, 5.74) is 3.26. The van der Waals surface area contributed by atoms with Crippen LogP contribution >= 0.6 is 11.6 Å². The van der Waals surface area contributed by atoms with Crippen LogP contribution in [0.2, 0.25) is 5.02 Å². The number of hydrogen-bond acceptors (Lipinski definition) is 1. The molecule has 0 atom stereocenters. The molecule has 4 heteroatoms. The largest absolute Gasteiger partial charge is 0.337 e. The van der Waals surface area contributed by atoms with Gasteiger partial charge in [-0.2, -0.15) is 5.10 Å². The normalized spacial score (nSPS) is 11.6. The highest BCUT2D eigenvalue weighted by molar-refractivity contribution is 6.36. The first-order valence-electron chi connectivity index (χ1n) is 4.92. The minimum Gasteiger partial charge on any atom is -0.337 e. The Kier molecular flexibility index (Phi) is 1.76. The van der Waals surface area contributed by atoms with Gasteiger partial charge in [-0.05, 0) is 13.0 Å². The number of nitrogens with one attached hydrogen (secondary N) is 1. The van der Waals surface area contributed by atoms with Crippen LogP contribution in [0.3, 0.4) is 0 Å². The van der Waals surface area contributed by atoms with Crippen molar-refractivity contribution in [1.82, 2.24) is 14.8 Å². The van der Waals surface area contributed by atoms with Gasteiger partial charge < -0.3 is 4.57 Å². The van der Waals surface area contributed by atoms with Crippen LogP contribution in [0.25, 0.3) is 21.9 Å². The lowest BCUT2D eigenvalue weighted by atomic mass is 10.2. The molecule has 15 heavy (non-hydrogen) atoms. The van der Waals surface area contributed by atoms with E-state index >= 15 is 0 Å². The smallest absolute Gasteiger partial charge is 0.0909 e. The maximum atomic E-state index is 6.21. The zero-order valence-corrected chi connectivity index (χ0v) is 9.04. The first kappa shape index (κ1) is 8.80. The fourth-order valence-electron chi connectivity index (χ4n) is 2.12. The second kappa shape index (κ2) is 3.00. The fourth-order valence-corrected chi connectivity index (χ4v) is 2.40. The number of aryl methyl sites for hydroxylation is 1. The third-order valence-electron chi connectivity index (χ3n) is 2.75. The highest BCUT2D eigenvalue weighted by Gasteiger charge is 2.12. The van der Waals surface area contributed by atoms with Crippen molar-refractivity contribution < 1.29 is 0 Å². The molecule has 1 N–H and O–H groups in total. The molecule has 3 rings (SSSR count). The molecule has 0 bridgehead atoms. The van der Waals surface area contributed by atoms with Gasteiger partial charge in [0.15, 0.2) is 0 Å². The molecule has 1 aromatic carbocycles. The summed E-state index contributed by atoms with van der Waals surface area (Å²) in [6.07, 6.45) is 1.84. The quantitative estimate of drug-likeness (QED) is 0.670. The van der Waals surface area contributed by atoms with Crippen molar-refractivity contribution in [2.75, 3.05) is 0 Å². The standard InChI is InChI=1S/C11H10ClN3/c1-2-15-9-6-13-14-10(9)7-4-3-5-8(12)11(7)15/h3-6H,2H2,1H3,(H,13,14). The van der Waals surface area contributed by atoms with Crippen molar-refractivity contribution >= 4 is 33.5 Å².